The number of urea groups is 1. The quantitative estimate of drug-likeness (QED) is 0.723. The summed E-state index contributed by atoms with van der Waals surface area (Å²) in [5.74, 6) is -0.211. The second-order valence-corrected chi connectivity index (χ2v) is 8.72. The number of amides is 2. The van der Waals surface area contributed by atoms with Crippen molar-refractivity contribution in [1.29, 1.82) is 0 Å². The summed E-state index contributed by atoms with van der Waals surface area (Å²) in [6.45, 7) is 8.13. The van der Waals surface area contributed by atoms with Gasteiger partial charge in [-0.3, -0.25) is 4.90 Å². The average Bonchev–Trinajstić information content (AvgIpc) is 2.81. The Labute approximate surface area is 189 Å². The maximum absolute atomic E-state index is 14.3. The van der Waals surface area contributed by atoms with Crippen molar-refractivity contribution in [3.05, 3.63) is 65.0 Å². The number of benzene rings is 2. The second kappa shape index (κ2) is 10.8. The largest absolute Gasteiger partial charge is 0.379 e. The number of ether oxygens (including phenoxy) is 1. The molecule has 2 saturated heterocycles. The third-order valence-electron chi connectivity index (χ3n) is 6.25. The molecule has 0 radical (unpaired) electrons. The predicted molar refractivity (Wildman–Crippen MR) is 124 cm³/mol. The van der Waals surface area contributed by atoms with E-state index in [1.165, 1.54) is 11.6 Å². The third kappa shape index (κ3) is 5.99. The maximum atomic E-state index is 14.3. The first-order valence-electron chi connectivity index (χ1n) is 11.5. The van der Waals surface area contributed by atoms with Crippen molar-refractivity contribution < 1.29 is 13.9 Å². The number of nitrogens with one attached hydrogen (secondary N) is 2. The topological polar surface area (TPSA) is 56.8 Å². The molecule has 7 heteroatoms. The molecule has 2 aromatic carbocycles. The van der Waals surface area contributed by atoms with E-state index in [1.807, 2.05) is 30.0 Å². The lowest BCUT2D eigenvalue weighted by Crippen LogP contribution is -2.50. The molecule has 0 bridgehead atoms. The van der Waals surface area contributed by atoms with Crippen LogP contribution in [0, 0.1) is 12.7 Å². The molecule has 2 N–H and O–H groups in total. The van der Waals surface area contributed by atoms with Gasteiger partial charge in [0.05, 0.1) is 18.9 Å². The van der Waals surface area contributed by atoms with Crippen LogP contribution in [0.25, 0.3) is 0 Å². The van der Waals surface area contributed by atoms with Gasteiger partial charge in [-0.25, -0.2) is 9.18 Å². The van der Waals surface area contributed by atoms with Crippen LogP contribution in [0.3, 0.4) is 0 Å². The standard InChI is InChI=1S/C25H33FN4O2/c1-19-8-9-23(26)24(15-19)30-10-4-7-22(18-30)28-25(31)27-16-20-5-2-3-6-21(20)17-29-11-13-32-14-12-29/h2-3,5-6,8-9,15,22H,4,7,10-14,16-18H2,1H3,(H2,27,28,31). The summed E-state index contributed by atoms with van der Waals surface area (Å²) in [5.41, 5.74) is 4.01. The summed E-state index contributed by atoms with van der Waals surface area (Å²) in [5, 5.41) is 6.10. The molecular weight excluding hydrogens is 407 g/mol. The third-order valence-corrected chi connectivity index (χ3v) is 6.25. The van der Waals surface area contributed by atoms with E-state index in [0.29, 0.717) is 18.8 Å². The molecule has 4 rings (SSSR count). The lowest BCUT2D eigenvalue weighted by atomic mass is 10.0. The average molecular weight is 441 g/mol. The fourth-order valence-electron chi connectivity index (χ4n) is 4.48. The molecule has 1 unspecified atom stereocenters. The molecular formula is C25H33FN4O2. The molecule has 2 aliphatic heterocycles. The second-order valence-electron chi connectivity index (χ2n) is 8.72. The highest BCUT2D eigenvalue weighted by atomic mass is 19.1. The summed E-state index contributed by atoms with van der Waals surface area (Å²) in [6.07, 6.45) is 1.81. The van der Waals surface area contributed by atoms with Crippen molar-refractivity contribution in [3.8, 4) is 0 Å². The number of hydrogen-bond acceptors (Lipinski definition) is 4. The first-order chi connectivity index (χ1) is 15.6. The predicted octanol–water partition coefficient (Wildman–Crippen LogP) is 3.43. The van der Waals surface area contributed by atoms with Crippen LogP contribution in [0.15, 0.2) is 42.5 Å². The normalized spacial score (nSPS) is 19.6. The number of nitrogens with zero attached hydrogens (tertiary/aromatic N) is 2. The Morgan fingerprint density at radius 2 is 1.91 bits per heavy atom. The highest BCUT2D eigenvalue weighted by Gasteiger charge is 2.23. The van der Waals surface area contributed by atoms with Crippen LogP contribution in [-0.4, -0.2) is 56.4 Å². The van der Waals surface area contributed by atoms with Crippen LogP contribution in [0.2, 0.25) is 0 Å². The number of morpholine rings is 1. The van der Waals surface area contributed by atoms with Crippen molar-refractivity contribution in [3.63, 3.8) is 0 Å². The van der Waals surface area contributed by atoms with E-state index in [-0.39, 0.29) is 17.9 Å². The molecule has 2 heterocycles. The van der Waals surface area contributed by atoms with E-state index in [1.54, 1.807) is 6.07 Å². The van der Waals surface area contributed by atoms with Crippen LogP contribution in [0.1, 0.15) is 29.5 Å². The molecule has 32 heavy (non-hydrogen) atoms. The summed E-state index contributed by atoms with van der Waals surface area (Å²) in [4.78, 5) is 17.0. The Morgan fingerprint density at radius 1 is 1.12 bits per heavy atom. The maximum Gasteiger partial charge on any atom is 0.315 e. The highest BCUT2D eigenvalue weighted by Crippen LogP contribution is 2.24. The molecule has 172 valence electrons. The minimum absolute atomic E-state index is 0.00717. The van der Waals surface area contributed by atoms with Crippen molar-refractivity contribution in [2.75, 3.05) is 44.3 Å². The molecule has 0 spiro atoms. The van der Waals surface area contributed by atoms with E-state index in [0.717, 1.165) is 63.4 Å². The Kier molecular flexibility index (Phi) is 7.60. The summed E-state index contributed by atoms with van der Waals surface area (Å²) < 4.78 is 19.7. The van der Waals surface area contributed by atoms with Crippen molar-refractivity contribution in [1.82, 2.24) is 15.5 Å². The number of halogens is 1. The Morgan fingerprint density at radius 3 is 2.72 bits per heavy atom. The molecule has 0 aliphatic carbocycles. The number of anilines is 1. The zero-order valence-electron chi connectivity index (χ0n) is 18.8. The fourth-order valence-corrected chi connectivity index (χ4v) is 4.48. The van der Waals surface area contributed by atoms with Crippen LogP contribution in [0.5, 0.6) is 0 Å². The minimum atomic E-state index is -0.211. The van der Waals surface area contributed by atoms with Crippen LogP contribution >= 0.6 is 0 Å². The molecule has 0 saturated carbocycles. The molecule has 6 nitrogen and oxygen atoms in total. The first kappa shape index (κ1) is 22.6. The molecule has 2 aliphatic rings. The van der Waals surface area contributed by atoms with Gasteiger partial charge in [-0.1, -0.05) is 30.3 Å². The van der Waals surface area contributed by atoms with E-state index < -0.39 is 0 Å². The monoisotopic (exact) mass is 440 g/mol. The van der Waals surface area contributed by atoms with E-state index >= 15 is 0 Å². The van der Waals surface area contributed by atoms with Crippen LogP contribution < -0.4 is 15.5 Å². The summed E-state index contributed by atoms with van der Waals surface area (Å²) in [6, 6.07) is 13.2. The van der Waals surface area contributed by atoms with E-state index in [9.17, 15) is 9.18 Å². The van der Waals surface area contributed by atoms with Gasteiger partial charge in [0.25, 0.3) is 0 Å². The number of aryl methyl sites for hydroxylation is 1. The number of carbonyl (C=O) groups is 1. The number of piperidine rings is 1. The zero-order chi connectivity index (χ0) is 22.3. The molecule has 2 fully saturated rings. The number of hydrogen-bond donors (Lipinski definition) is 2. The van der Waals surface area contributed by atoms with Crippen molar-refractivity contribution in [2.24, 2.45) is 0 Å². The van der Waals surface area contributed by atoms with Crippen molar-refractivity contribution in [2.45, 2.75) is 38.9 Å². The Hall–Kier alpha value is -2.64. The van der Waals surface area contributed by atoms with Gasteiger partial charge in [0.2, 0.25) is 0 Å². The van der Waals surface area contributed by atoms with Gasteiger partial charge in [-0.2, -0.15) is 0 Å². The minimum Gasteiger partial charge on any atom is -0.379 e. The van der Waals surface area contributed by atoms with Gasteiger partial charge in [0, 0.05) is 45.3 Å². The van der Waals surface area contributed by atoms with Gasteiger partial charge >= 0.3 is 6.03 Å². The Bertz CT molecular complexity index is 917. The zero-order valence-corrected chi connectivity index (χ0v) is 18.8. The van der Waals surface area contributed by atoms with Crippen molar-refractivity contribution >= 4 is 11.7 Å². The summed E-state index contributed by atoms with van der Waals surface area (Å²) in [7, 11) is 0. The van der Waals surface area contributed by atoms with Gasteiger partial charge < -0.3 is 20.3 Å². The van der Waals surface area contributed by atoms with E-state index in [2.05, 4.69) is 27.7 Å². The van der Waals surface area contributed by atoms with E-state index in [4.69, 9.17) is 4.74 Å². The molecule has 0 aromatic heterocycles. The smallest absolute Gasteiger partial charge is 0.315 e. The fraction of sp³-hybridized carbons (Fsp3) is 0.480. The molecule has 1 atom stereocenters. The van der Waals surface area contributed by atoms with Gasteiger partial charge in [-0.05, 0) is 48.6 Å². The van der Waals surface area contributed by atoms with Crippen LogP contribution in [0.4, 0.5) is 14.9 Å². The van der Waals surface area contributed by atoms with Crippen LogP contribution in [-0.2, 0) is 17.8 Å². The van der Waals surface area contributed by atoms with Gasteiger partial charge in [0.1, 0.15) is 5.82 Å². The SMILES string of the molecule is Cc1ccc(F)c(N2CCCC(NC(=O)NCc3ccccc3CN3CCOCC3)C2)c1. The first-order valence-corrected chi connectivity index (χ1v) is 11.5. The molecule has 2 amide bonds. The lowest BCUT2D eigenvalue weighted by molar-refractivity contribution is 0.0341. The lowest BCUT2D eigenvalue weighted by Gasteiger charge is -2.35. The molecule has 2 aromatic rings. The number of rotatable bonds is 6. The van der Waals surface area contributed by atoms with Gasteiger partial charge in [-0.15, -0.1) is 0 Å². The highest BCUT2D eigenvalue weighted by molar-refractivity contribution is 5.74. The Balaban J connectivity index is 1.30. The van der Waals surface area contributed by atoms with Gasteiger partial charge in [0.15, 0.2) is 0 Å². The summed E-state index contributed by atoms with van der Waals surface area (Å²) >= 11 is 0. The number of carbonyl (C=O) groups excluding carboxylic acids is 1.